The van der Waals surface area contributed by atoms with Gasteiger partial charge in [-0.1, -0.05) is 187 Å². The van der Waals surface area contributed by atoms with E-state index >= 15 is 0 Å². The average Bonchev–Trinajstić information content (AvgIpc) is 2.88. The van der Waals surface area contributed by atoms with Crippen molar-refractivity contribution in [3.05, 3.63) is 0 Å². The van der Waals surface area contributed by atoms with Gasteiger partial charge in [0.2, 0.25) is 0 Å². The summed E-state index contributed by atoms with van der Waals surface area (Å²) in [4.78, 5) is 11.9. The van der Waals surface area contributed by atoms with Crippen molar-refractivity contribution in [3.8, 4) is 0 Å². The van der Waals surface area contributed by atoms with E-state index in [1.807, 2.05) is 0 Å². The van der Waals surface area contributed by atoms with Crippen molar-refractivity contribution in [3.63, 3.8) is 0 Å². The molecule has 0 heterocycles. The van der Waals surface area contributed by atoms with Crippen LogP contribution in [0.25, 0.3) is 0 Å². The van der Waals surface area contributed by atoms with Gasteiger partial charge in [0.1, 0.15) is 0 Å². The van der Waals surface area contributed by atoms with Gasteiger partial charge in [-0.3, -0.25) is 4.79 Å². The van der Waals surface area contributed by atoms with Gasteiger partial charge in [-0.15, -0.1) is 0 Å². The van der Waals surface area contributed by atoms with Gasteiger partial charge in [-0.25, -0.2) is 0 Å². The lowest BCUT2D eigenvalue weighted by atomic mass is 10.0. The van der Waals surface area contributed by atoms with Crippen molar-refractivity contribution in [2.75, 3.05) is 6.61 Å². The predicted molar refractivity (Wildman–Crippen MR) is 166 cm³/mol. The summed E-state index contributed by atoms with van der Waals surface area (Å²) in [7, 11) is 0. The van der Waals surface area contributed by atoms with Crippen LogP contribution in [-0.2, 0) is 9.53 Å². The van der Waals surface area contributed by atoms with Gasteiger partial charge in [0.05, 0.1) is 6.61 Å². The van der Waals surface area contributed by atoms with E-state index in [1.54, 1.807) is 0 Å². The van der Waals surface area contributed by atoms with Gasteiger partial charge < -0.3 is 10.9 Å². The fraction of sp³-hybridized carbons (Fsp3) is 0.971. The van der Waals surface area contributed by atoms with E-state index in [1.165, 1.54) is 173 Å². The quantitative estimate of drug-likeness (QED) is 0.0723. The Labute approximate surface area is 234 Å². The van der Waals surface area contributed by atoms with Gasteiger partial charge in [0.25, 0.3) is 0 Å². The van der Waals surface area contributed by atoms with Crippen LogP contribution in [0.15, 0.2) is 0 Å². The molecule has 0 amide bonds. The summed E-state index contributed by atoms with van der Waals surface area (Å²) in [6, 6.07) is 0. The van der Waals surface area contributed by atoms with Crippen LogP contribution in [0.3, 0.4) is 0 Å². The van der Waals surface area contributed by atoms with Crippen LogP contribution in [0.2, 0.25) is 0 Å². The first kappa shape index (κ1) is 38.6. The van der Waals surface area contributed by atoms with E-state index in [0.717, 1.165) is 12.8 Å². The van der Waals surface area contributed by atoms with E-state index in [9.17, 15) is 4.79 Å². The molecule has 0 aromatic heterocycles. The standard InChI is InChI=1S/C34H68O2.H3N/c1-3-5-7-9-11-13-15-17-19-20-22-24-26-28-30-32-34(35)36-33-31-29-27-25-23-21-18-16-14-12-10-8-6-4-2;/h3-33H2,1-2H3;1H3. The number of esters is 1. The third-order valence-electron chi connectivity index (χ3n) is 7.75. The number of hydrogen-bond acceptors (Lipinski definition) is 3. The summed E-state index contributed by atoms with van der Waals surface area (Å²) in [6.07, 6.45) is 40.1. The summed E-state index contributed by atoms with van der Waals surface area (Å²) in [5, 5.41) is 0. The van der Waals surface area contributed by atoms with Crippen LogP contribution in [-0.4, -0.2) is 12.6 Å². The molecule has 0 radical (unpaired) electrons. The largest absolute Gasteiger partial charge is 0.466 e. The Hall–Kier alpha value is -0.570. The molecule has 0 bridgehead atoms. The van der Waals surface area contributed by atoms with Crippen molar-refractivity contribution in [2.24, 2.45) is 0 Å². The van der Waals surface area contributed by atoms with Crippen LogP contribution >= 0.6 is 0 Å². The monoisotopic (exact) mass is 526 g/mol. The van der Waals surface area contributed by atoms with Crippen molar-refractivity contribution in [1.29, 1.82) is 0 Å². The van der Waals surface area contributed by atoms with Gasteiger partial charge in [0.15, 0.2) is 0 Å². The molecule has 0 aliphatic heterocycles. The highest BCUT2D eigenvalue weighted by molar-refractivity contribution is 5.69. The molecule has 0 fully saturated rings. The molecular formula is C34H71NO2. The molecule has 37 heavy (non-hydrogen) atoms. The fourth-order valence-corrected chi connectivity index (χ4v) is 5.20. The molecule has 0 unspecified atom stereocenters. The second kappa shape index (κ2) is 35.4. The van der Waals surface area contributed by atoms with Gasteiger partial charge >= 0.3 is 5.97 Å². The second-order valence-corrected chi connectivity index (χ2v) is 11.5. The Kier molecular flexibility index (Phi) is 36.9. The molecule has 0 spiro atoms. The first-order valence-corrected chi connectivity index (χ1v) is 17.0. The Morgan fingerprint density at radius 1 is 0.378 bits per heavy atom. The molecule has 3 heteroatoms. The highest BCUT2D eigenvalue weighted by Crippen LogP contribution is 2.15. The van der Waals surface area contributed by atoms with Gasteiger partial charge in [-0.05, 0) is 12.8 Å². The van der Waals surface area contributed by atoms with Crippen molar-refractivity contribution in [1.82, 2.24) is 6.15 Å². The minimum atomic E-state index is 0. The lowest BCUT2D eigenvalue weighted by molar-refractivity contribution is -0.143. The third-order valence-corrected chi connectivity index (χ3v) is 7.75. The summed E-state index contributed by atoms with van der Waals surface area (Å²) >= 11 is 0. The summed E-state index contributed by atoms with van der Waals surface area (Å²) < 4.78 is 5.43. The molecule has 224 valence electrons. The van der Waals surface area contributed by atoms with Crippen molar-refractivity contribution in [2.45, 2.75) is 206 Å². The predicted octanol–water partition coefficient (Wildman–Crippen LogP) is 12.4. The maximum Gasteiger partial charge on any atom is 0.305 e. The highest BCUT2D eigenvalue weighted by Gasteiger charge is 2.02. The Bertz CT molecular complexity index is 377. The number of rotatable bonds is 31. The molecule has 0 aromatic carbocycles. The fourth-order valence-electron chi connectivity index (χ4n) is 5.20. The normalized spacial score (nSPS) is 11.0. The van der Waals surface area contributed by atoms with Gasteiger partial charge in [0, 0.05) is 6.42 Å². The zero-order valence-corrected chi connectivity index (χ0v) is 25.9. The topological polar surface area (TPSA) is 61.3 Å². The first-order valence-electron chi connectivity index (χ1n) is 17.0. The first-order chi connectivity index (χ1) is 17.8. The zero-order chi connectivity index (χ0) is 26.2. The van der Waals surface area contributed by atoms with Crippen molar-refractivity contribution >= 4 is 5.97 Å². The molecule has 0 saturated heterocycles. The lowest BCUT2D eigenvalue weighted by Crippen LogP contribution is -2.05. The zero-order valence-electron chi connectivity index (χ0n) is 25.9. The summed E-state index contributed by atoms with van der Waals surface area (Å²) in [5.41, 5.74) is 0. The van der Waals surface area contributed by atoms with E-state index in [2.05, 4.69) is 13.8 Å². The van der Waals surface area contributed by atoms with Crippen LogP contribution in [0.1, 0.15) is 206 Å². The smallest absolute Gasteiger partial charge is 0.305 e. The molecular weight excluding hydrogens is 454 g/mol. The Balaban J connectivity index is 0. The Morgan fingerprint density at radius 2 is 0.622 bits per heavy atom. The Morgan fingerprint density at radius 3 is 0.919 bits per heavy atom. The molecule has 3 nitrogen and oxygen atoms in total. The third kappa shape index (κ3) is 35.4. The van der Waals surface area contributed by atoms with Gasteiger partial charge in [-0.2, -0.15) is 0 Å². The van der Waals surface area contributed by atoms with E-state index in [4.69, 9.17) is 4.74 Å². The molecule has 0 aromatic rings. The highest BCUT2D eigenvalue weighted by atomic mass is 16.5. The SMILES string of the molecule is CCCCCCCCCCCCCCCCCC(=O)OCCCCCCCCCCCCCCCC.N. The van der Waals surface area contributed by atoms with Crippen LogP contribution in [0.5, 0.6) is 0 Å². The average molecular weight is 526 g/mol. The number of carbonyl (C=O) groups is 1. The molecule has 0 aliphatic carbocycles. The maximum absolute atomic E-state index is 11.9. The summed E-state index contributed by atoms with van der Waals surface area (Å²) in [6.45, 7) is 5.21. The molecule has 0 rings (SSSR count). The van der Waals surface area contributed by atoms with Crippen LogP contribution < -0.4 is 6.15 Å². The van der Waals surface area contributed by atoms with Crippen LogP contribution in [0, 0.1) is 0 Å². The molecule has 3 N–H and O–H groups in total. The number of unbranched alkanes of at least 4 members (excludes halogenated alkanes) is 27. The van der Waals surface area contributed by atoms with E-state index in [0.29, 0.717) is 13.0 Å². The number of carbonyl (C=O) groups excluding carboxylic acids is 1. The van der Waals surface area contributed by atoms with Crippen LogP contribution in [0.4, 0.5) is 0 Å². The summed E-state index contributed by atoms with van der Waals surface area (Å²) in [5.74, 6) is 0.0272. The molecule has 0 atom stereocenters. The second-order valence-electron chi connectivity index (χ2n) is 11.5. The molecule has 0 aliphatic rings. The van der Waals surface area contributed by atoms with E-state index in [-0.39, 0.29) is 12.1 Å². The minimum Gasteiger partial charge on any atom is -0.466 e. The molecule has 0 saturated carbocycles. The number of ether oxygens (including phenoxy) is 1. The lowest BCUT2D eigenvalue weighted by Gasteiger charge is -2.06. The van der Waals surface area contributed by atoms with Crippen molar-refractivity contribution < 1.29 is 9.53 Å². The number of hydrogen-bond donors (Lipinski definition) is 1. The minimum absolute atomic E-state index is 0. The maximum atomic E-state index is 11.9. The van der Waals surface area contributed by atoms with E-state index < -0.39 is 0 Å².